The van der Waals surface area contributed by atoms with Crippen LogP contribution in [0.3, 0.4) is 0 Å². The first-order valence-electron chi connectivity index (χ1n) is 8.45. The van der Waals surface area contributed by atoms with Crippen LogP contribution in [0, 0.1) is 3.57 Å². The number of hydrogen-bond donors (Lipinski definition) is 1. The van der Waals surface area contributed by atoms with Gasteiger partial charge in [0, 0.05) is 12.4 Å². The van der Waals surface area contributed by atoms with Gasteiger partial charge < -0.3 is 9.47 Å². The Morgan fingerprint density at radius 2 is 2.04 bits per heavy atom. The SMILES string of the molecule is COc1cc(/C=N\NC(=O)c2cccnc2)cc(I)c1OCc1ccccc1. The van der Waals surface area contributed by atoms with Crippen LogP contribution in [0.25, 0.3) is 0 Å². The normalized spacial score (nSPS) is 10.6. The Bertz CT molecular complexity index is 963. The highest BCUT2D eigenvalue weighted by molar-refractivity contribution is 14.1. The highest BCUT2D eigenvalue weighted by Gasteiger charge is 2.11. The van der Waals surface area contributed by atoms with E-state index >= 15 is 0 Å². The van der Waals surface area contributed by atoms with E-state index in [-0.39, 0.29) is 5.91 Å². The van der Waals surface area contributed by atoms with Crippen molar-refractivity contribution in [3.8, 4) is 11.5 Å². The van der Waals surface area contributed by atoms with E-state index in [0.29, 0.717) is 23.7 Å². The highest BCUT2D eigenvalue weighted by atomic mass is 127. The lowest BCUT2D eigenvalue weighted by Gasteiger charge is -2.13. The lowest BCUT2D eigenvalue weighted by molar-refractivity contribution is 0.0955. The number of benzene rings is 2. The number of amides is 1. The number of pyridine rings is 1. The first-order chi connectivity index (χ1) is 13.7. The van der Waals surface area contributed by atoms with E-state index in [9.17, 15) is 4.79 Å². The van der Waals surface area contributed by atoms with E-state index in [1.165, 1.54) is 6.20 Å². The number of ether oxygens (including phenoxy) is 2. The van der Waals surface area contributed by atoms with Gasteiger partial charge >= 0.3 is 0 Å². The first-order valence-corrected chi connectivity index (χ1v) is 9.53. The summed E-state index contributed by atoms with van der Waals surface area (Å²) in [6, 6.07) is 17.0. The van der Waals surface area contributed by atoms with Gasteiger partial charge in [-0.2, -0.15) is 5.10 Å². The van der Waals surface area contributed by atoms with E-state index in [0.717, 1.165) is 14.7 Å². The summed E-state index contributed by atoms with van der Waals surface area (Å²) in [6.45, 7) is 0.446. The molecular formula is C21H18IN3O3. The molecule has 1 amide bonds. The van der Waals surface area contributed by atoms with E-state index in [2.05, 4.69) is 38.1 Å². The number of aromatic nitrogens is 1. The molecular weight excluding hydrogens is 469 g/mol. The first kappa shape index (κ1) is 19.8. The number of hydrogen-bond acceptors (Lipinski definition) is 5. The molecule has 0 radical (unpaired) electrons. The van der Waals surface area contributed by atoms with Crippen molar-refractivity contribution in [3.05, 3.63) is 87.3 Å². The third kappa shape index (κ3) is 5.29. The van der Waals surface area contributed by atoms with E-state index in [1.54, 1.807) is 31.7 Å². The zero-order valence-corrected chi connectivity index (χ0v) is 17.3. The second-order valence-corrected chi connectivity index (χ2v) is 6.91. The largest absolute Gasteiger partial charge is 0.493 e. The molecule has 6 nitrogen and oxygen atoms in total. The average molecular weight is 487 g/mol. The number of hydrazone groups is 1. The molecule has 7 heteroatoms. The molecule has 0 saturated heterocycles. The third-order valence-electron chi connectivity index (χ3n) is 3.78. The summed E-state index contributed by atoms with van der Waals surface area (Å²) in [5.74, 6) is 0.945. The molecule has 3 aromatic rings. The third-order valence-corrected chi connectivity index (χ3v) is 4.58. The molecule has 0 aliphatic heterocycles. The summed E-state index contributed by atoms with van der Waals surface area (Å²) in [5.41, 5.74) is 4.77. The van der Waals surface area contributed by atoms with Crippen LogP contribution in [0.4, 0.5) is 0 Å². The standard InChI is InChI=1S/C21H18IN3O3/c1-27-19-11-16(12-24-25-21(26)17-8-5-9-23-13-17)10-18(22)20(19)28-14-15-6-3-2-4-7-15/h2-13H,14H2,1H3,(H,25,26)/b24-12-. The minimum Gasteiger partial charge on any atom is -0.493 e. The Balaban J connectivity index is 1.69. The maximum atomic E-state index is 12.0. The van der Waals surface area contributed by atoms with Gasteiger partial charge in [-0.25, -0.2) is 5.43 Å². The lowest BCUT2D eigenvalue weighted by atomic mass is 10.2. The molecule has 0 saturated carbocycles. The number of methoxy groups -OCH3 is 1. The summed E-state index contributed by atoms with van der Waals surface area (Å²) in [6.07, 6.45) is 4.64. The molecule has 2 aromatic carbocycles. The smallest absolute Gasteiger partial charge is 0.272 e. The Hall–Kier alpha value is -2.94. The Kier molecular flexibility index (Phi) is 6.96. The molecule has 0 fully saturated rings. The van der Waals surface area contributed by atoms with Crippen LogP contribution in [0.2, 0.25) is 0 Å². The number of carbonyl (C=O) groups is 1. The molecule has 0 bridgehead atoms. The predicted octanol–water partition coefficient (Wildman–Crippen LogP) is 4.04. The number of nitrogens with one attached hydrogen (secondary N) is 1. The van der Waals surface area contributed by atoms with Crippen LogP contribution in [0.15, 0.2) is 72.1 Å². The van der Waals surface area contributed by atoms with Crippen molar-refractivity contribution >= 4 is 34.7 Å². The second kappa shape index (κ2) is 9.84. The fourth-order valence-corrected chi connectivity index (χ4v) is 3.19. The number of carbonyl (C=O) groups excluding carboxylic acids is 1. The van der Waals surface area contributed by atoms with Crippen molar-refractivity contribution in [1.82, 2.24) is 10.4 Å². The van der Waals surface area contributed by atoms with E-state index < -0.39 is 0 Å². The molecule has 0 spiro atoms. The molecule has 0 aliphatic carbocycles. The van der Waals surface area contributed by atoms with Gasteiger partial charge in [0.1, 0.15) is 6.61 Å². The van der Waals surface area contributed by atoms with Crippen LogP contribution in [-0.2, 0) is 6.61 Å². The lowest BCUT2D eigenvalue weighted by Crippen LogP contribution is -2.17. The molecule has 28 heavy (non-hydrogen) atoms. The molecule has 1 N–H and O–H groups in total. The van der Waals surface area contributed by atoms with Crippen molar-refractivity contribution in [1.29, 1.82) is 0 Å². The number of nitrogens with zero attached hydrogens (tertiary/aromatic N) is 2. The molecule has 0 atom stereocenters. The molecule has 1 heterocycles. The number of halogens is 1. The second-order valence-electron chi connectivity index (χ2n) is 5.75. The topological polar surface area (TPSA) is 72.8 Å². The zero-order chi connectivity index (χ0) is 19.8. The van der Waals surface area contributed by atoms with Crippen LogP contribution in [-0.4, -0.2) is 24.2 Å². The summed E-state index contributed by atoms with van der Waals surface area (Å²) >= 11 is 2.19. The summed E-state index contributed by atoms with van der Waals surface area (Å²) < 4.78 is 12.3. The fourth-order valence-electron chi connectivity index (χ4n) is 2.41. The monoisotopic (exact) mass is 487 g/mol. The van der Waals surface area contributed by atoms with Gasteiger partial charge in [0.25, 0.3) is 5.91 Å². The van der Waals surface area contributed by atoms with Crippen molar-refractivity contribution < 1.29 is 14.3 Å². The molecule has 0 unspecified atom stereocenters. The fraction of sp³-hybridized carbons (Fsp3) is 0.0952. The molecule has 142 valence electrons. The Labute approximate surface area is 176 Å². The van der Waals surface area contributed by atoms with Crippen molar-refractivity contribution in [2.45, 2.75) is 6.61 Å². The van der Waals surface area contributed by atoms with E-state index in [1.807, 2.05) is 42.5 Å². The average Bonchev–Trinajstić information content (AvgIpc) is 2.74. The van der Waals surface area contributed by atoms with Gasteiger partial charge in [-0.15, -0.1) is 0 Å². The van der Waals surface area contributed by atoms with Crippen molar-refractivity contribution in [2.75, 3.05) is 7.11 Å². The minimum atomic E-state index is -0.325. The van der Waals surface area contributed by atoms with Crippen molar-refractivity contribution in [3.63, 3.8) is 0 Å². The summed E-state index contributed by atoms with van der Waals surface area (Å²) in [7, 11) is 1.59. The Morgan fingerprint density at radius 3 is 2.75 bits per heavy atom. The quantitative estimate of drug-likeness (QED) is 0.310. The zero-order valence-electron chi connectivity index (χ0n) is 15.1. The van der Waals surface area contributed by atoms with Crippen LogP contribution >= 0.6 is 22.6 Å². The molecule has 3 rings (SSSR count). The van der Waals surface area contributed by atoms with Gasteiger partial charge in [-0.1, -0.05) is 30.3 Å². The maximum absolute atomic E-state index is 12.0. The summed E-state index contributed by atoms with van der Waals surface area (Å²) in [5, 5.41) is 4.01. The van der Waals surface area contributed by atoms with Gasteiger partial charge in [0.05, 0.1) is 22.5 Å². The van der Waals surface area contributed by atoms with Gasteiger partial charge in [-0.3, -0.25) is 9.78 Å². The molecule has 1 aromatic heterocycles. The van der Waals surface area contributed by atoms with E-state index in [4.69, 9.17) is 9.47 Å². The predicted molar refractivity (Wildman–Crippen MR) is 116 cm³/mol. The van der Waals surface area contributed by atoms with Gasteiger partial charge in [0.15, 0.2) is 11.5 Å². The number of rotatable bonds is 7. The minimum absolute atomic E-state index is 0.325. The van der Waals surface area contributed by atoms with Gasteiger partial charge in [0.2, 0.25) is 0 Å². The summed E-state index contributed by atoms with van der Waals surface area (Å²) in [4.78, 5) is 15.9. The Morgan fingerprint density at radius 1 is 1.21 bits per heavy atom. The van der Waals surface area contributed by atoms with Crippen LogP contribution in [0.5, 0.6) is 11.5 Å². The molecule has 0 aliphatic rings. The van der Waals surface area contributed by atoms with Gasteiger partial charge in [-0.05, 0) is 58.0 Å². The van der Waals surface area contributed by atoms with Crippen molar-refractivity contribution in [2.24, 2.45) is 5.10 Å². The highest BCUT2D eigenvalue weighted by Crippen LogP contribution is 2.34. The van der Waals surface area contributed by atoms with Crippen LogP contribution < -0.4 is 14.9 Å². The maximum Gasteiger partial charge on any atom is 0.272 e. The van der Waals surface area contributed by atoms with Crippen LogP contribution in [0.1, 0.15) is 21.5 Å².